The molecule has 1 aromatic carbocycles. The molecule has 2 aliphatic heterocycles. The van der Waals surface area contributed by atoms with Gasteiger partial charge in [0.25, 0.3) is 10.0 Å². The largest absolute Gasteiger partial charge is 0.444 e. The standard InChI is InChI=1S/C22H33N5O5S/c1-22(2,3)32-21(29)25-16-9-12-27(13-10-16)15-20(28)24-17-6-4-7-18(14-17)33(30,31)26-19-8-5-11-23-19/h4,6-7,14,16H,5,8-13,15H2,1-3H3,(H,23,26)(H,24,28)(H,25,29). The molecule has 3 rings (SSSR count). The van der Waals surface area contributed by atoms with E-state index in [1.807, 2.05) is 25.7 Å². The lowest BCUT2D eigenvalue weighted by Gasteiger charge is -2.32. The zero-order chi connectivity index (χ0) is 24.1. The number of anilines is 1. The summed E-state index contributed by atoms with van der Waals surface area (Å²) < 4.78 is 32.9. The molecule has 33 heavy (non-hydrogen) atoms. The van der Waals surface area contributed by atoms with Crippen LogP contribution in [0.2, 0.25) is 0 Å². The van der Waals surface area contributed by atoms with E-state index in [-0.39, 0.29) is 23.4 Å². The fourth-order valence-electron chi connectivity index (χ4n) is 3.69. The van der Waals surface area contributed by atoms with Gasteiger partial charge in [0, 0.05) is 37.8 Å². The van der Waals surface area contributed by atoms with Crippen LogP contribution in [0.4, 0.5) is 10.5 Å². The predicted octanol–water partition coefficient (Wildman–Crippen LogP) is 2.08. The second-order valence-corrected chi connectivity index (χ2v) is 11.0. The number of sulfonamides is 1. The van der Waals surface area contributed by atoms with Gasteiger partial charge in [-0.15, -0.1) is 0 Å². The molecule has 0 atom stereocenters. The zero-order valence-corrected chi connectivity index (χ0v) is 20.2. The molecule has 2 amide bonds. The van der Waals surface area contributed by atoms with Crippen molar-refractivity contribution in [3.05, 3.63) is 24.3 Å². The van der Waals surface area contributed by atoms with Crippen LogP contribution in [-0.2, 0) is 19.6 Å². The molecule has 182 valence electrons. The SMILES string of the molecule is CC(C)(C)OC(=O)NC1CCN(CC(=O)Nc2cccc(S(=O)(=O)NC3=NCCC3)c2)CC1. The molecule has 0 spiro atoms. The number of amides is 2. The van der Waals surface area contributed by atoms with Crippen LogP contribution in [-0.4, -0.2) is 69.0 Å². The maximum atomic E-state index is 12.6. The molecule has 1 saturated heterocycles. The number of hydrogen-bond acceptors (Lipinski definition) is 7. The van der Waals surface area contributed by atoms with Crippen molar-refractivity contribution in [3.63, 3.8) is 0 Å². The van der Waals surface area contributed by atoms with E-state index in [2.05, 4.69) is 20.3 Å². The van der Waals surface area contributed by atoms with Gasteiger partial charge in [0.05, 0.1) is 11.4 Å². The Morgan fingerprint density at radius 1 is 1.21 bits per heavy atom. The Kier molecular flexibility index (Phi) is 7.96. The van der Waals surface area contributed by atoms with Crippen LogP contribution in [0.5, 0.6) is 0 Å². The molecule has 0 unspecified atom stereocenters. The summed E-state index contributed by atoms with van der Waals surface area (Å²) in [5.74, 6) is 0.241. The highest BCUT2D eigenvalue weighted by Crippen LogP contribution is 2.17. The average molecular weight is 480 g/mol. The highest BCUT2D eigenvalue weighted by atomic mass is 32.2. The van der Waals surface area contributed by atoms with Crippen molar-refractivity contribution in [1.82, 2.24) is 14.9 Å². The highest BCUT2D eigenvalue weighted by molar-refractivity contribution is 7.90. The minimum absolute atomic E-state index is 0.0121. The fourth-order valence-corrected chi connectivity index (χ4v) is 4.83. The molecule has 11 heteroatoms. The second kappa shape index (κ2) is 10.5. The lowest BCUT2D eigenvalue weighted by atomic mass is 10.1. The maximum absolute atomic E-state index is 12.6. The number of piperidine rings is 1. The quantitative estimate of drug-likeness (QED) is 0.573. The summed E-state index contributed by atoms with van der Waals surface area (Å²) in [7, 11) is -3.74. The summed E-state index contributed by atoms with van der Waals surface area (Å²) >= 11 is 0. The van der Waals surface area contributed by atoms with Gasteiger partial charge in [-0.05, 0) is 58.2 Å². The summed E-state index contributed by atoms with van der Waals surface area (Å²) in [4.78, 5) is 30.6. The normalized spacial score (nSPS) is 17.8. The molecule has 2 heterocycles. The Morgan fingerprint density at radius 3 is 2.58 bits per heavy atom. The van der Waals surface area contributed by atoms with Crippen LogP contribution in [0.3, 0.4) is 0 Å². The molecule has 0 bridgehead atoms. The number of likely N-dealkylation sites (tertiary alicyclic amines) is 1. The Bertz CT molecular complexity index is 995. The minimum atomic E-state index is -3.74. The molecule has 3 N–H and O–H groups in total. The predicted molar refractivity (Wildman–Crippen MR) is 126 cm³/mol. The van der Waals surface area contributed by atoms with E-state index in [1.165, 1.54) is 12.1 Å². The minimum Gasteiger partial charge on any atom is -0.444 e. The van der Waals surface area contributed by atoms with Crippen molar-refractivity contribution in [2.75, 3.05) is 31.5 Å². The first-order chi connectivity index (χ1) is 15.5. The van der Waals surface area contributed by atoms with Crippen molar-refractivity contribution in [2.24, 2.45) is 4.99 Å². The van der Waals surface area contributed by atoms with E-state index in [0.717, 1.165) is 19.3 Å². The number of aliphatic imine (C=N–C) groups is 1. The van der Waals surface area contributed by atoms with Gasteiger partial charge in [0.15, 0.2) is 0 Å². The third kappa shape index (κ3) is 8.01. The monoisotopic (exact) mass is 479 g/mol. The van der Waals surface area contributed by atoms with Crippen molar-refractivity contribution >= 4 is 33.5 Å². The van der Waals surface area contributed by atoms with Crippen molar-refractivity contribution in [2.45, 2.75) is 63.0 Å². The van der Waals surface area contributed by atoms with Gasteiger partial charge < -0.3 is 15.4 Å². The van der Waals surface area contributed by atoms with E-state index in [1.54, 1.807) is 12.1 Å². The van der Waals surface area contributed by atoms with E-state index in [9.17, 15) is 18.0 Å². The van der Waals surface area contributed by atoms with Gasteiger partial charge in [-0.1, -0.05) is 6.07 Å². The molecule has 0 aliphatic carbocycles. The Labute approximate surface area is 195 Å². The first-order valence-corrected chi connectivity index (χ1v) is 12.7. The van der Waals surface area contributed by atoms with Gasteiger partial charge in [-0.2, -0.15) is 0 Å². The van der Waals surface area contributed by atoms with Crippen LogP contribution in [0.25, 0.3) is 0 Å². The Balaban J connectivity index is 1.47. The molecule has 0 radical (unpaired) electrons. The number of nitrogens with one attached hydrogen (secondary N) is 3. The van der Waals surface area contributed by atoms with E-state index in [4.69, 9.17) is 4.74 Å². The molecule has 2 aliphatic rings. The topological polar surface area (TPSA) is 129 Å². The van der Waals surface area contributed by atoms with Crippen LogP contribution in [0.15, 0.2) is 34.2 Å². The summed E-state index contributed by atoms with van der Waals surface area (Å²) in [5.41, 5.74) is -0.127. The number of nitrogens with zero attached hydrogens (tertiary/aromatic N) is 2. The number of amidine groups is 1. The summed E-state index contributed by atoms with van der Waals surface area (Å²) in [6.45, 7) is 7.59. The molecule has 1 aromatic rings. The first kappa shape index (κ1) is 25.0. The highest BCUT2D eigenvalue weighted by Gasteiger charge is 2.25. The third-order valence-corrected chi connectivity index (χ3v) is 6.61. The lowest BCUT2D eigenvalue weighted by Crippen LogP contribution is -2.47. The Hall–Kier alpha value is -2.66. The molecule has 0 aromatic heterocycles. The summed E-state index contributed by atoms with van der Waals surface area (Å²) in [5, 5.41) is 5.65. The molecular formula is C22H33N5O5S. The number of carbonyl (C=O) groups excluding carboxylic acids is 2. The zero-order valence-electron chi connectivity index (χ0n) is 19.4. The van der Waals surface area contributed by atoms with Crippen molar-refractivity contribution in [1.29, 1.82) is 0 Å². The first-order valence-electron chi connectivity index (χ1n) is 11.2. The number of alkyl carbamates (subject to hydrolysis) is 1. The second-order valence-electron chi connectivity index (χ2n) is 9.31. The number of carbonyl (C=O) groups is 2. The van der Waals surface area contributed by atoms with Gasteiger partial charge >= 0.3 is 6.09 Å². The van der Waals surface area contributed by atoms with Crippen LogP contribution in [0.1, 0.15) is 46.5 Å². The summed E-state index contributed by atoms with van der Waals surface area (Å²) in [6.07, 6.45) is 2.45. The van der Waals surface area contributed by atoms with E-state index >= 15 is 0 Å². The lowest BCUT2D eigenvalue weighted by molar-refractivity contribution is -0.117. The molecule has 0 saturated carbocycles. The molecular weight excluding hydrogens is 446 g/mol. The number of hydrogen-bond donors (Lipinski definition) is 3. The maximum Gasteiger partial charge on any atom is 0.407 e. The van der Waals surface area contributed by atoms with Crippen LogP contribution >= 0.6 is 0 Å². The van der Waals surface area contributed by atoms with Crippen LogP contribution < -0.4 is 15.4 Å². The van der Waals surface area contributed by atoms with Crippen LogP contribution in [0, 0.1) is 0 Å². The van der Waals surface area contributed by atoms with Crippen molar-refractivity contribution in [3.8, 4) is 0 Å². The third-order valence-electron chi connectivity index (χ3n) is 5.23. The fraction of sp³-hybridized carbons (Fsp3) is 0.591. The van der Waals surface area contributed by atoms with Crippen molar-refractivity contribution < 1.29 is 22.7 Å². The molecule has 10 nitrogen and oxygen atoms in total. The molecule has 1 fully saturated rings. The van der Waals surface area contributed by atoms with Gasteiger partial charge in [-0.25, -0.2) is 13.2 Å². The smallest absolute Gasteiger partial charge is 0.407 e. The van der Waals surface area contributed by atoms with Gasteiger partial charge in [0.2, 0.25) is 5.91 Å². The number of rotatable bonds is 6. The average Bonchev–Trinajstić information content (AvgIpc) is 3.20. The number of benzene rings is 1. The van der Waals surface area contributed by atoms with Gasteiger partial charge in [0.1, 0.15) is 11.4 Å². The van der Waals surface area contributed by atoms with Gasteiger partial charge in [-0.3, -0.25) is 19.4 Å². The number of ether oxygens (including phenoxy) is 1. The Morgan fingerprint density at radius 2 is 1.94 bits per heavy atom. The van der Waals surface area contributed by atoms with E-state index in [0.29, 0.717) is 37.6 Å². The van der Waals surface area contributed by atoms with E-state index < -0.39 is 21.7 Å². The summed E-state index contributed by atoms with van der Waals surface area (Å²) in [6, 6.07) is 6.18.